The lowest BCUT2D eigenvalue weighted by molar-refractivity contribution is -0.274. The zero-order valence-electron chi connectivity index (χ0n) is 8.91. The number of aromatic nitrogens is 1. The molecule has 0 spiro atoms. The molecule has 2 nitrogen and oxygen atoms in total. The normalized spacial score (nSPS) is 11.3. The molecule has 0 saturated heterocycles. The van der Waals surface area contributed by atoms with Crippen LogP contribution in [0.25, 0.3) is 11.3 Å². The van der Waals surface area contributed by atoms with Crippen molar-refractivity contribution in [1.29, 1.82) is 0 Å². The lowest BCUT2D eigenvalue weighted by Gasteiger charge is -2.13. The van der Waals surface area contributed by atoms with Crippen molar-refractivity contribution in [2.45, 2.75) is 6.36 Å². The first-order valence-electron chi connectivity index (χ1n) is 4.93. The van der Waals surface area contributed by atoms with Crippen molar-refractivity contribution < 1.29 is 17.9 Å². The molecule has 0 atom stereocenters. The van der Waals surface area contributed by atoms with Crippen LogP contribution < -0.4 is 4.74 Å². The van der Waals surface area contributed by atoms with Gasteiger partial charge in [-0.15, -0.1) is 13.2 Å². The van der Waals surface area contributed by atoms with Crippen LogP contribution in [0.3, 0.4) is 0 Å². The van der Waals surface area contributed by atoms with Crippen LogP contribution in [-0.2, 0) is 0 Å². The number of rotatable bonds is 2. The summed E-state index contributed by atoms with van der Waals surface area (Å²) in [6.07, 6.45) is -3.30. The van der Waals surface area contributed by atoms with Gasteiger partial charge < -0.3 is 4.74 Å². The molecule has 6 heteroatoms. The summed E-state index contributed by atoms with van der Waals surface area (Å²) in [6, 6.07) is 8.94. The number of alkyl halides is 3. The Labute approximate surface area is 106 Å². The van der Waals surface area contributed by atoms with Gasteiger partial charge in [-0.25, -0.2) is 0 Å². The van der Waals surface area contributed by atoms with E-state index in [9.17, 15) is 13.2 Å². The van der Waals surface area contributed by atoms with Crippen molar-refractivity contribution in [3.8, 4) is 17.0 Å². The molecule has 0 unspecified atom stereocenters. The van der Waals surface area contributed by atoms with Crippen molar-refractivity contribution in [3.05, 3.63) is 47.6 Å². The molecule has 0 amide bonds. The molecule has 0 radical (unpaired) electrons. The van der Waals surface area contributed by atoms with Crippen LogP contribution in [0.5, 0.6) is 5.75 Å². The van der Waals surface area contributed by atoms with Crippen LogP contribution in [-0.4, -0.2) is 11.3 Å². The average molecular weight is 274 g/mol. The molecule has 0 bridgehead atoms. The van der Waals surface area contributed by atoms with Gasteiger partial charge in [0.25, 0.3) is 0 Å². The summed E-state index contributed by atoms with van der Waals surface area (Å²) < 4.78 is 40.8. The van der Waals surface area contributed by atoms with E-state index in [1.165, 1.54) is 24.4 Å². The molecule has 0 N–H and O–H groups in total. The van der Waals surface area contributed by atoms with Gasteiger partial charge in [-0.05, 0) is 24.3 Å². The maximum Gasteiger partial charge on any atom is 0.573 e. The van der Waals surface area contributed by atoms with Crippen molar-refractivity contribution >= 4 is 11.6 Å². The third kappa shape index (κ3) is 2.92. The molecule has 0 aliphatic rings. The molecule has 2 rings (SSSR count). The van der Waals surface area contributed by atoms with Gasteiger partial charge in [0.15, 0.2) is 0 Å². The number of hydrogen-bond donors (Lipinski definition) is 0. The van der Waals surface area contributed by atoms with Crippen molar-refractivity contribution in [2.24, 2.45) is 0 Å². The first-order chi connectivity index (χ1) is 8.47. The van der Waals surface area contributed by atoms with E-state index in [-0.39, 0.29) is 16.3 Å². The maximum absolute atomic E-state index is 12.3. The summed E-state index contributed by atoms with van der Waals surface area (Å²) in [5, 5.41) is 0.149. The van der Waals surface area contributed by atoms with Gasteiger partial charge in [-0.1, -0.05) is 23.7 Å². The Balaban J connectivity index is 2.52. The minimum atomic E-state index is -4.77. The minimum absolute atomic E-state index is 0.122. The monoisotopic (exact) mass is 273 g/mol. The highest BCUT2D eigenvalue weighted by Crippen LogP contribution is 2.37. The van der Waals surface area contributed by atoms with Gasteiger partial charge in [-0.3, -0.25) is 4.98 Å². The minimum Gasteiger partial charge on any atom is -0.405 e. The third-order valence-electron chi connectivity index (χ3n) is 2.12. The Kier molecular flexibility index (Phi) is 3.43. The maximum atomic E-state index is 12.3. The zero-order valence-corrected chi connectivity index (χ0v) is 9.66. The van der Waals surface area contributed by atoms with Crippen LogP contribution >= 0.6 is 11.6 Å². The molecule has 18 heavy (non-hydrogen) atoms. The predicted molar refractivity (Wildman–Crippen MR) is 61.4 cm³/mol. The summed E-state index contributed by atoms with van der Waals surface area (Å²) in [4.78, 5) is 3.97. The fourth-order valence-electron chi connectivity index (χ4n) is 1.47. The number of benzene rings is 1. The number of hydrogen-bond acceptors (Lipinski definition) is 2. The van der Waals surface area contributed by atoms with Crippen LogP contribution in [0.4, 0.5) is 13.2 Å². The zero-order chi connectivity index (χ0) is 13.2. The van der Waals surface area contributed by atoms with Gasteiger partial charge in [0.1, 0.15) is 5.75 Å². The van der Waals surface area contributed by atoms with E-state index in [4.69, 9.17) is 11.6 Å². The van der Waals surface area contributed by atoms with Crippen molar-refractivity contribution in [3.63, 3.8) is 0 Å². The first kappa shape index (κ1) is 12.7. The van der Waals surface area contributed by atoms with E-state index < -0.39 is 6.36 Å². The SMILES string of the molecule is FC(F)(F)Oc1cccc(Cl)c1-c1ccccn1. The molecule has 1 aromatic heterocycles. The van der Waals surface area contributed by atoms with Crippen LogP contribution in [0, 0.1) is 0 Å². The van der Waals surface area contributed by atoms with Crippen molar-refractivity contribution in [1.82, 2.24) is 4.98 Å². The number of nitrogens with zero attached hydrogens (tertiary/aromatic N) is 1. The Hall–Kier alpha value is -1.75. The standard InChI is InChI=1S/C12H7ClF3NO/c13-8-4-3-6-10(18-12(14,15)16)11(8)9-5-1-2-7-17-9/h1-7H. The molecular formula is C12H7ClF3NO. The van der Waals surface area contributed by atoms with Gasteiger partial charge in [0, 0.05) is 6.20 Å². The highest BCUT2D eigenvalue weighted by molar-refractivity contribution is 6.33. The largest absolute Gasteiger partial charge is 0.573 e. The highest BCUT2D eigenvalue weighted by Gasteiger charge is 2.32. The Morgan fingerprint density at radius 1 is 1.06 bits per heavy atom. The highest BCUT2D eigenvalue weighted by atomic mass is 35.5. The van der Waals surface area contributed by atoms with Gasteiger partial charge in [0.05, 0.1) is 16.3 Å². The summed E-state index contributed by atoms with van der Waals surface area (Å²) in [6.45, 7) is 0. The summed E-state index contributed by atoms with van der Waals surface area (Å²) >= 11 is 5.91. The van der Waals surface area contributed by atoms with Gasteiger partial charge in [0.2, 0.25) is 0 Å². The molecule has 0 aliphatic carbocycles. The smallest absolute Gasteiger partial charge is 0.405 e. The Bertz CT molecular complexity index is 543. The second kappa shape index (κ2) is 4.86. The van der Waals surface area contributed by atoms with Crippen LogP contribution in [0.15, 0.2) is 42.6 Å². The average Bonchev–Trinajstić information content (AvgIpc) is 2.28. The fraction of sp³-hybridized carbons (Fsp3) is 0.0833. The lowest BCUT2D eigenvalue weighted by atomic mass is 10.1. The summed E-state index contributed by atoms with van der Waals surface area (Å²) in [7, 11) is 0. The molecular weight excluding hydrogens is 267 g/mol. The Morgan fingerprint density at radius 3 is 2.44 bits per heavy atom. The van der Waals surface area contributed by atoms with Gasteiger partial charge in [-0.2, -0.15) is 0 Å². The van der Waals surface area contributed by atoms with Crippen LogP contribution in [0.1, 0.15) is 0 Å². The number of pyridine rings is 1. The molecule has 0 saturated carbocycles. The van der Waals surface area contributed by atoms with E-state index in [1.807, 2.05) is 0 Å². The molecule has 1 aromatic carbocycles. The second-order valence-corrected chi connectivity index (χ2v) is 3.78. The molecule has 0 fully saturated rings. The molecule has 1 heterocycles. The van der Waals surface area contributed by atoms with Gasteiger partial charge >= 0.3 is 6.36 Å². The third-order valence-corrected chi connectivity index (χ3v) is 2.44. The summed E-state index contributed by atoms with van der Waals surface area (Å²) in [5.41, 5.74) is 0.444. The molecule has 94 valence electrons. The quantitative estimate of drug-likeness (QED) is 0.814. The topological polar surface area (TPSA) is 22.1 Å². The summed E-state index contributed by atoms with van der Waals surface area (Å²) in [5.74, 6) is -0.367. The van der Waals surface area contributed by atoms with E-state index in [0.29, 0.717) is 5.69 Å². The second-order valence-electron chi connectivity index (χ2n) is 3.38. The fourth-order valence-corrected chi connectivity index (χ4v) is 1.74. The van der Waals surface area contributed by atoms with E-state index >= 15 is 0 Å². The van der Waals surface area contributed by atoms with E-state index in [0.717, 1.165) is 0 Å². The lowest BCUT2D eigenvalue weighted by Crippen LogP contribution is -2.17. The van der Waals surface area contributed by atoms with Crippen molar-refractivity contribution in [2.75, 3.05) is 0 Å². The Morgan fingerprint density at radius 2 is 1.83 bits per heavy atom. The first-order valence-corrected chi connectivity index (χ1v) is 5.31. The number of halogens is 4. The van der Waals surface area contributed by atoms with E-state index in [2.05, 4.69) is 9.72 Å². The predicted octanol–water partition coefficient (Wildman–Crippen LogP) is 4.30. The molecule has 0 aliphatic heterocycles. The van der Waals surface area contributed by atoms with E-state index in [1.54, 1.807) is 18.2 Å². The number of ether oxygens (including phenoxy) is 1. The van der Waals surface area contributed by atoms with Crippen LogP contribution in [0.2, 0.25) is 5.02 Å². The molecule has 2 aromatic rings.